The van der Waals surface area contributed by atoms with E-state index in [9.17, 15) is 4.79 Å². The number of carboxylic acids is 1. The monoisotopic (exact) mass is 277 g/mol. The maximum absolute atomic E-state index is 10.8. The third kappa shape index (κ3) is 3.80. The summed E-state index contributed by atoms with van der Waals surface area (Å²) >= 11 is 5.90. The van der Waals surface area contributed by atoms with Crippen LogP contribution in [0.3, 0.4) is 0 Å². The van der Waals surface area contributed by atoms with E-state index in [0.717, 1.165) is 11.1 Å². The lowest BCUT2D eigenvalue weighted by Gasteiger charge is -2.05. The van der Waals surface area contributed by atoms with Crippen molar-refractivity contribution in [2.24, 2.45) is 0 Å². The Hall–Kier alpha value is -1.87. The summed E-state index contributed by atoms with van der Waals surface area (Å²) in [6.07, 6.45) is 1.54. The molecule has 0 atom stereocenters. The molecule has 0 spiro atoms. The average molecular weight is 278 g/mol. The zero-order valence-corrected chi connectivity index (χ0v) is 11.9. The summed E-state index contributed by atoms with van der Waals surface area (Å²) in [5, 5.41) is 9.53. The highest BCUT2D eigenvalue weighted by Gasteiger charge is 2.09. The van der Waals surface area contributed by atoms with E-state index in [2.05, 4.69) is 4.98 Å². The molecule has 1 N–H and O–H groups in total. The van der Waals surface area contributed by atoms with Crippen LogP contribution < -0.4 is 0 Å². The predicted molar refractivity (Wildman–Crippen MR) is 77.7 cm³/mol. The molecule has 0 amide bonds. The molecule has 0 bridgehead atoms. The van der Waals surface area contributed by atoms with Gasteiger partial charge >= 0.3 is 5.97 Å². The van der Waals surface area contributed by atoms with Gasteiger partial charge in [-0.05, 0) is 36.2 Å². The second-order valence-electron chi connectivity index (χ2n) is 3.70. The molecule has 3 nitrogen and oxygen atoms in total. The minimum absolute atomic E-state index is 0.0794. The van der Waals surface area contributed by atoms with Crippen molar-refractivity contribution in [3.63, 3.8) is 0 Å². The lowest BCUT2D eigenvalue weighted by atomic mass is 10.1. The largest absolute Gasteiger partial charge is 0.477 e. The first-order valence-corrected chi connectivity index (χ1v) is 6.41. The molecule has 0 aliphatic rings. The normalized spacial score (nSPS) is 9.47. The number of hydrogen-bond donors (Lipinski definition) is 1. The maximum atomic E-state index is 10.8. The van der Waals surface area contributed by atoms with Gasteiger partial charge in [-0.3, -0.25) is 0 Å². The van der Waals surface area contributed by atoms with E-state index in [1.165, 1.54) is 0 Å². The van der Waals surface area contributed by atoms with E-state index >= 15 is 0 Å². The molecule has 0 aliphatic heterocycles. The molecule has 0 saturated heterocycles. The summed E-state index contributed by atoms with van der Waals surface area (Å²) < 4.78 is 0. The van der Waals surface area contributed by atoms with Gasteiger partial charge < -0.3 is 5.11 Å². The van der Waals surface area contributed by atoms with Gasteiger partial charge in [-0.25, -0.2) is 9.78 Å². The first-order chi connectivity index (χ1) is 9.08. The van der Waals surface area contributed by atoms with Crippen LogP contribution in [-0.4, -0.2) is 16.1 Å². The van der Waals surface area contributed by atoms with Gasteiger partial charge in [0.1, 0.15) is 0 Å². The van der Waals surface area contributed by atoms with Crippen molar-refractivity contribution >= 4 is 17.6 Å². The lowest BCUT2D eigenvalue weighted by molar-refractivity contribution is 0.0689. The number of carbonyl (C=O) groups is 1. The molecule has 0 aliphatic carbocycles. The molecule has 1 aromatic heterocycles. The Morgan fingerprint density at radius 3 is 2.42 bits per heavy atom. The van der Waals surface area contributed by atoms with Gasteiger partial charge in [-0.1, -0.05) is 37.6 Å². The Balaban J connectivity index is 0.000000861. The molecule has 2 aromatic rings. The third-order valence-electron chi connectivity index (χ3n) is 2.44. The molecule has 0 radical (unpaired) electrons. The van der Waals surface area contributed by atoms with E-state index in [0.29, 0.717) is 10.6 Å². The number of aromatic nitrogens is 1. The maximum Gasteiger partial charge on any atom is 0.354 e. The topological polar surface area (TPSA) is 50.2 Å². The Labute approximate surface area is 117 Å². The van der Waals surface area contributed by atoms with Crippen LogP contribution in [0.2, 0.25) is 5.02 Å². The fourth-order valence-corrected chi connectivity index (χ4v) is 1.81. The minimum atomic E-state index is -1.01. The number of nitrogens with zero attached hydrogens (tertiary/aromatic N) is 1. The van der Waals surface area contributed by atoms with Crippen LogP contribution in [0.5, 0.6) is 0 Å². The highest BCUT2D eigenvalue weighted by molar-refractivity contribution is 6.30. The standard InChI is InChI=1S/C13H10ClNO2.C2H6/c1-8-5-10(7-15-12(8)13(16)17)9-3-2-4-11(14)6-9;1-2/h2-7H,1H3,(H,16,17);1-2H3. The van der Waals surface area contributed by atoms with E-state index < -0.39 is 5.97 Å². The van der Waals surface area contributed by atoms with Crippen LogP contribution in [0.25, 0.3) is 11.1 Å². The number of aryl methyl sites for hydroxylation is 1. The minimum Gasteiger partial charge on any atom is -0.477 e. The van der Waals surface area contributed by atoms with Crippen molar-refractivity contribution < 1.29 is 9.90 Å². The summed E-state index contributed by atoms with van der Waals surface area (Å²) in [6, 6.07) is 9.15. The summed E-state index contributed by atoms with van der Waals surface area (Å²) in [5.74, 6) is -1.01. The summed E-state index contributed by atoms with van der Waals surface area (Å²) in [5.41, 5.74) is 2.49. The summed E-state index contributed by atoms with van der Waals surface area (Å²) in [6.45, 7) is 5.73. The fraction of sp³-hybridized carbons (Fsp3) is 0.200. The van der Waals surface area contributed by atoms with E-state index in [1.54, 1.807) is 25.3 Å². The fourth-order valence-electron chi connectivity index (χ4n) is 1.62. The van der Waals surface area contributed by atoms with E-state index in [-0.39, 0.29) is 5.69 Å². The molecule has 1 heterocycles. The van der Waals surface area contributed by atoms with Crippen molar-refractivity contribution in [1.82, 2.24) is 4.98 Å². The number of pyridine rings is 1. The van der Waals surface area contributed by atoms with Gasteiger partial charge in [0.15, 0.2) is 5.69 Å². The van der Waals surface area contributed by atoms with Crippen LogP contribution in [0.4, 0.5) is 0 Å². The van der Waals surface area contributed by atoms with Gasteiger partial charge in [-0.15, -0.1) is 0 Å². The first kappa shape index (κ1) is 15.2. The predicted octanol–water partition coefficient (Wildman–Crippen LogP) is 4.43. The van der Waals surface area contributed by atoms with E-state index in [1.807, 2.05) is 32.0 Å². The van der Waals surface area contributed by atoms with Gasteiger partial charge in [0.05, 0.1) is 0 Å². The Bertz CT molecular complexity index is 582. The SMILES string of the molecule is CC.Cc1cc(-c2cccc(Cl)c2)cnc1C(=O)O. The summed E-state index contributed by atoms with van der Waals surface area (Å²) in [4.78, 5) is 14.8. The Morgan fingerprint density at radius 1 is 1.21 bits per heavy atom. The zero-order chi connectivity index (χ0) is 14.4. The molecule has 100 valence electrons. The van der Waals surface area contributed by atoms with Crippen molar-refractivity contribution in [2.75, 3.05) is 0 Å². The first-order valence-electron chi connectivity index (χ1n) is 6.04. The van der Waals surface area contributed by atoms with Crippen LogP contribution >= 0.6 is 11.6 Å². The Kier molecular flexibility index (Phi) is 5.52. The quantitative estimate of drug-likeness (QED) is 0.883. The highest BCUT2D eigenvalue weighted by atomic mass is 35.5. The Morgan fingerprint density at radius 2 is 1.89 bits per heavy atom. The van der Waals surface area contributed by atoms with Gasteiger partial charge in [0, 0.05) is 16.8 Å². The number of benzene rings is 1. The van der Waals surface area contributed by atoms with Gasteiger partial charge in [-0.2, -0.15) is 0 Å². The smallest absolute Gasteiger partial charge is 0.354 e. The molecule has 19 heavy (non-hydrogen) atoms. The van der Waals surface area contributed by atoms with Gasteiger partial charge in [0.25, 0.3) is 0 Å². The molecule has 0 unspecified atom stereocenters. The van der Waals surface area contributed by atoms with Crippen molar-refractivity contribution in [3.8, 4) is 11.1 Å². The van der Waals surface area contributed by atoms with Crippen LogP contribution in [0.15, 0.2) is 36.5 Å². The molecule has 0 saturated carbocycles. The lowest BCUT2D eigenvalue weighted by Crippen LogP contribution is -2.03. The van der Waals surface area contributed by atoms with Crippen molar-refractivity contribution in [1.29, 1.82) is 0 Å². The van der Waals surface area contributed by atoms with Crippen molar-refractivity contribution in [2.45, 2.75) is 20.8 Å². The zero-order valence-electron chi connectivity index (χ0n) is 11.1. The summed E-state index contributed by atoms with van der Waals surface area (Å²) in [7, 11) is 0. The van der Waals surface area contributed by atoms with Gasteiger partial charge in [0.2, 0.25) is 0 Å². The molecule has 1 aromatic carbocycles. The molecule has 2 rings (SSSR count). The second-order valence-corrected chi connectivity index (χ2v) is 4.14. The number of hydrogen-bond acceptors (Lipinski definition) is 2. The number of aromatic carboxylic acids is 1. The third-order valence-corrected chi connectivity index (χ3v) is 2.67. The average Bonchev–Trinajstić information content (AvgIpc) is 2.40. The molecular formula is C15H16ClNO2. The second kappa shape index (κ2) is 6.90. The number of carboxylic acid groups (broad SMARTS) is 1. The van der Waals surface area contributed by atoms with Crippen LogP contribution in [0.1, 0.15) is 29.9 Å². The van der Waals surface area contributed by atoms with Crippen molar-refractivity contribution in [3.05, 3.63) is 52.8 Å². The number of halogens is 1. The molecular weight excluding hydrogens is 262 g/mol. The molecule has 4 heteroatoms. The molecule has 0 fully saturated rings. The van der Waals surface area contributed by atoms with E-state index in [4.69, 9.17) is 16.7 Å². The van der Waals surface area contributed by atoms with Crippen LogP contribution in [0, 0.1) is 6.92 Å². The highest BCUT2D eigenvalue weighted by Crippen LogP contribution is 2.23. The number of rotatable bonds is 2. The van der Waals surface area contributed by atoms with Crippen LogP contribution in [-0.2, 0) is 0 Å².